The van der Waals surface area contributed by atoms with Crippen molar-refractivity contribution < 1.29 is 18.7 Å². The van der Waals surface area contributed by atoms with Gasteiger partial charge in [-0.25, -0.2) is 4.98 Å². The van der Waals surface area contributed by atoms with E-state index in [2.05, 4.69) is 36.3 Å². The summed E-state index contributed by atoms with van der Waals surface area (Å²) in [6.45, 7) is 4.38. The van der Waals surface area contributed by atoms with Gasteiger partial charge >= 0.3 is 0 Å². The van der Waals surface area contributed by atoms with E-state index in [0.29, 0.717) is 34.6 Å². The lowest BCUT2D eigenvalue weighted by Gasteiger charge is -2.10. The fourth-order valence-corrected chi connectivity index (χ4v) is 3.49. The molecule has 6 heteroatoms. The van der Waals surface area contributed by atoms with E-state index >= 15 is 0 Å². The summed E-state index contributed by atoms with van der Waals surface area (Å²) in [6, 6.07) is 18.6. The predicted molar refractivity (Wildman–Crippen MR) is 126 cm³/mol. The summed E-state index contributed by atoms with van der Waals surface area (Å²) in [6.07, 6.45) is 1.08. The molecule has 0 fully saturated rings. The SMILES string of the molecule is CCC(C)c1ccc2oc(-c3ccc(NC(=O)c4ccc(OC)c(OC)c4)cc3)nc2c1. The molecule has 1 aromatic heterocycles. The summed E-state index contributed by atoms with van der Waals surface area (Å²) >= 11 is 0. The van der Waals surface area contributed by atoms with E-state index < -0.39 is 0 Å². The van der Waals surface area contributed by atoms with Gasteiger partial charge in [-0.05, 0) is 72.5 Å². The Labute approximate surface area is 187 Å². The molecule has 1 amide bonds. The van der Waals surface area contributed by atoms with Crippen molar-refractivity contribution in [2.45, 2.75) is 26.2 Å². The fraction of sp³-hybridized carbons (Fsp3) is 0.231. The third-order valence-electron chi connectivity index (χ3n) is 5.63. The zero-order valence-electron chi connectivity index (χ0n) is 18.6. The zero-order valence-corrected chi connectivity index (χ0v) is 18.6. The molecule has 1 heterocycles. The summed E-state index contributed by atoms with van der Waals surface area (Å²) in [5, 5.41) is 2.89. The van der Waals surface area contributed by atoms with Crippen molar-refractivity contribution in [3.8, 4) is 23.0 Å². The number of fused-ring (bicyclic) bond motifs is 1. The van der Waals surface area contributed by atoms with Crippen LogP contribution in [0.5, 0.6) is 11.5 Å². The normalized spacial score (nSPS) is 11.9. The molecule has 0 saturated heterocycles. The van der Waals surface area contributed by atoms with Crippen molar-refractivity contribution in [1.29, 1.82) is 0 Å². The number of aromatic nitrogens is 1. The van der Waals surface area contributed by atoms with Crippen LogP contribution in [-0.2, 0) is 0 Å². The van der Waals surface area contributed by atoms with Crippen LogP contribution < -0.4 is 14.8 Å². The van der Waals surface area contributed by atoms with E-state index in [9.17, 15) is 4.79 Å². The van der Waals surface area contributed by atoms with E-state index in [1.165, 1.54) is 12.7 Å². The van der Waals surface area contributed by atoms with E-state index in [4.69, 9.17) is 13.9 Å². The van der Waals surface area contributed by atoms with Gasteiger partial charge in [-0.1, -0.05) is 19.9 Å². The largest absolute Gasteiger partial charge is 0.493 e. The van der Waals surface area contributed by atoms with Crippen LogP contribution in [-0.4, -0.2) is 25.1 Å². The first-order valence-electron chi connectivity index (χ1n) is 10.6. The molecule has 0 spiro atoms. The molecule has 0 aliphatic heterocycles. The number of nitrogens with zero attached hydrogens (tertiary/aromatic N) is 1. The quantitative estimate of drug-likeness (QED) is 0.374. The van der Waals surface area contributed by atoms with E-state index in [1.54, 1.807) is 25.3 Å². The second-order valence-corrected chi connectivity index (χ2v) is 7.66. The van der Waals surface area contributed by atoms with Crippen molar-refractivity contribution in [3.63, 3.8) is 0 Å². The van der Waals surface area contributed by atoms with Crippen LogP contribution in [0.1, 0.15) is 42.1 Å². The Morgan fingerprint density at radius 3 is 2.44 bits per heavy atom. The third-order valence-corrected chi connectivity index (χ3v) is 5.63. The van der Waals surface area contributed by atoms with Gasteiger partial charge in [0.25, 0.3) is 5.91 Å². The molecule has 0 saturated carbocycles. The number of oxazole rings is 1. The highest BCUT2D eigenvalue weighted by atomic mass is 16.5. The fourth-order valence-electron chi connectivity index (χ4n) is 3.49. The summed E-state index contributed by atoms with van der Waals surface area (Å²) in [7, 11) is 3.09. The molecule has 3 aromatic carbocycles. The van der Waals surface area contributed by atoms with Gasteiger partial charge in [0.1, 0.15) is 5.52 Å². The van der Waals surface area contributed by atoms with Crippen LogP contribution in [0.25, 0.3) is 22.6 Å². The Balaban J connectivity index is 1.51. The number of amides is 1. The van der Waals surface area contributed by atoms with Crippen LogP contribution in [0, 0.1) is 0 Å². The lowest BCUT2D eigenvalue weighted by Crippen LogP contribution is -2.12. The van der Waals surface area contributed by atoms with E-state index in [0.717, 1.165) is 23.1 Å². The summed E-state index contributed by atoms with van der Waals surface area (Å²) < 4.78 is 16.4. The summed E-state index contributed by atoms with van der Waals surface area (Å²) in [5.41, 5.74) is 4.86. The minimum absolute atomic E-state index is 0.238. The molecule has 1 N–H and O–H groups in total. The van der Waals surface area contributed by atoms with E-state index in [1.807, 2.05) is 30.3 Å². The van der Waals surface area contributed by atoms with Gasteiger partial charge in [0, 0.05) is 16.8 Å². The maximum absolute atomic E-state index is 12.6. The highest BCUT2D eigenvalue weighted by Crippen LogP contribution is 2.30. The molecule has 1 atom stereocenters. The van der Waals surface area contributed by atoms with Crippen molar-refractivity contribution in [3.05, 3.63) is 71.8 Å². The lowest BCUT2D eigenvalue weighted by atomic mass is 9.98. The van der Waals surface area contributed by atoms with Crippen LogP contribution in [0.4, 0.5) is 5.69 Å². The first-order chi connectivity index (χ1) is 15.5. The standard InChI is InChI=1S/C26H26N2O4/c1-5-16(2)18-8-12-22-21(14-18)28-26(32-22)17-6-10-20(11-7-17)27-25(29)19-9-13-23(30-3)24(15-19)31-4/h6-16H,5H2,1-4H3,(H,27,29). The maximum atomic E-state index is 12.6. The number of carbonyl (C=O) groups excluding carboxylic acids is 1. The first-order valence-corrected chi connectivity index (χ1v) is 10.6. The number of rotatable bonds is 7. The van der Waals surface area contributed by atoms with Gasteiger partial charge in [-0.3, -0.25) is 4.79 Å². The number of methoxy groups -OCH3 is 2. The molecule has 4 aromatic rings. The van der Waals surface area contributed by atoms with Crippen molar-refractivity contribution in [1.82, 2.24) is 4.98 Å². The van der Waals surface area contributed by atoms with Crippen molar-refractivity contribution >= 4 is 22.7 Å². The predicted octanol–water partition coefficient (Wildman–Crippen LogP) is 6.28. The zero-order chi connectivity index (χ0) is 22.7. The highest BCUT2D eigenvalue weighted by molar-refractivity contribution is 6.04. The van der Waals surface area contributed by atoms with Crippen LogP contribution in [0.15, 0.2) is 65.1 Å². The molecule has 32 heavy (non-hydrogen) atoms. The minimum atomic E-state index is -0.238. The molecule has 6 nitrogen and oxygen atoms in total. The Hall–Kier alpha value is -3.80. The van der Waals surface area contributed by atoms with Gasteiger partial charge in [-0.15, -0.1) is 0 Å². The molecule has 1 unspecified atom stereocenters. The molecular weight excluding hydrogens is 404 g/mol. The Bertz CT molecular complexity index is 1240. The van der Waals surface area contributed by atoms with Gasteiger partial charge in [0.2, 0.25) is 5.89 Å². The number of hydrogen-bond donors (Lipinski definition) is 1. The Morgan fingerprint density at radius 1 is 1.00 bits per heavy atom. The number of nitrogens with one attached hydrogen (secondary N) is 1. The summed E-state index contributed by atoms with van der Waals surface area (Å²) in [5.74, 6) is 1.87. The maximum Gasteiger partial charge on any atom is 0.255 e. The topological polar surface area (TPSA) is 73.6 Å². The number of anilines is 1. The highest BCUT2D eigenvalue weighted by Gasteiger charge is 2.13. The van der Waals surface area contributed by atoms with Crippen LogP contribution in [0.3, 0.4) is 0 Å². The molecule has 0 aliphatic rings. The number of benzene rings is 3. The third kappa shape index (κ3) is 4.30. The number of hydrogen-bond acceptors (Lipinski definition) is 5. The van der Waals surface area contributed by atoms with E-state index in [-0.39, 0.29) is 5.91 Å². The van der Waals surface area contributed by atoms with Gasteiger partial charge in [-0.2, -0.15) is 0 Å². The van der Waals surface area contributed by atoms with Gasteiger partial charge < -0.3 is 19.2 Å². The first kappa shape index (κ1) is 21.4. The lowest BCUT2D eigenvalue weighted by molar-refractivity contribution is 0.102. The molecule has 4 rings (SSSR count). The van der Waals surface area contributed by atoms with Crippen molar-refractivity contribution in [2.75, 3.05) is 19.5 Å². The smallest absolute Gasteiger partial charge is 0.255 e. The Kier molecular flexibility index (Phi) is 6.12. The van der Waals surface area contributed by atoms with Gasteiger partial charge in [0.15, 0.2) is 17.1 Å². The van der Waals surface area contributed by atoms with Crippen molar-refractivity contribution in [2.24, 2.45) is 0 Å². The molecule has 164 valence electrons. The van der Waals surface area contributed by atoms with Crippen LogP contribution in [0.2, 0.25) is 0 Å². The Morgan fingerprint density at radius 2 is 1.75 bits per heavy atom. The second-order valence-electron chi connectivity index (χ2n) is 7.66. The molecule has 0 radical (unpaired) electrons. The average molecular weight is 431 g/mol. The molecule has 0 bridgehead atoms. The second kappa shape index (κ2) is 9.14. The average Bonchev–Trinajstić information content (AvgIpc) is 3.26. The number of ether oxygens (including phenoxy) is 2. The van der Waals surface area contributed by atoms with Gasteiger partial charge in [0.05, 0.1) is 14.2 Å². The molecular formula is C26H26N2O4. The number of carbonyl (C=O) groups is 1. The summed E-state index contributed by atoms with van der Waals surface area (Å²) in [4.78, 5) is 17.3. The minimum Gasteiger partial charge on any atom is -0.493 e. The molecule has 0 aliphatic carbocycles. The monoisotopic (exact) mass is 430 g/mol. The van der Waals surface area contributed by atoms with Crippen LogP contribution >= 0.6 is 0 Å².